The first kappa shape index (κ1) is 8.07. The molecule has 2 atom stereocenters. The first-order valence-electron chi connectivity index (χ1n) is 9.37. The highest BCUT2D eigenvalue weighted by Gasteiger charge is 2.30. The number of rotatable bonds is 1. The van der Waals surface area contributed by atoms with Gasteiger partial charge in [-0.15, -0.1) is 0 Å². The molecule has 2 aromatic rings. The van der Waals surface area contributed by atoms with Crippen molar-refractivity contribution in [2.75, 3.05) is 5.73 Å². The average Bonchev–Trinajstić information content (AvgIpc) is 2.57. The highest BCUT2D eigenvalue weighted by Crippen LogP contribution is 2.24. The zero-order valence-corrected chi connectivity index (χ0v) is 10.8. The van der Waals surface area contributed by atoms with Gasteiger partial charge in [0.2, 0.25) is 0 Å². The molecule has 1 aromatic carbocycles. The summed E-state index contributed by atoms with van der Waals surface area (Å²) in [5, 5.41) is -0.307. The van der Waals surface area contributed by atoms with Crippen molar-refractivity contribution < 1.29 is 17.8 Å². The highest BCUT2D eigenvalue weighted by atomic mass is 16.2. The minimum atomic E-state index is -2.39. The lowest BCUT2D eigenvalue weighted by Crippen LogP contribution is -2.36. The molecule has 0 aliphatic heterocycles. The summed E-state index contributed by atoms with van der Waals surface area (Å²) in [7, 11) is 0. The summed E-state index contributed by atoms with van der Waals surface area (Å²) in [6.45, 7) is -1.89. The van der Waals surface area contributed by atoms with Gasteiger partial charge in [-0.3, -0.25) is 19.0 Å². The maximum atomic E-state index is 13.1. The largest absolute Gasteiger partial charge is 0.398 e. The van der Waals surface area contributed by atoms with E-state index in [0.29, 0.717) is 4.57 Å². The number of carbonyl (C=O) groups is 2. The Balaban J connectivity index is 2.44. The molecule has 1 aliphatic rings. The Kier molecular flexibility index (Phi) is 1.84. The van der Waals surface area contributed by atoms with Gasteiger partial charge < -0.3 is 5.73 Å². The summed E-state index contributed by atoms with van der Waals surface area (Å²) in [5.41, 5.74) is 4.28. The van der Waals surface area contributed by atoms with Gasteiger partial charge in [0.15, 0.2) is 5.78 Å². The monoisotopic (exact) mass is 291 g/mol. The standard InChI is InChI=1S/C15H15N3O3/c1-8-17-11-4-2-3-10(16)14(11)15(21)18(8)12-6-5-9(19)7-13(12)20/h2-4,12H,5-7,16H2,1H3/i1D2,2D,4D,5D,12D. The topological polar surface area (TPSA) is 95.0 Å². The number of benzene rings is 1. The molecular weight excluding hydrogens is 270 g/mol. The molecule has 6 heteroatoms. The molecule has 2 unspecified atom stereocenters. The number of hydrogen-bond donors (Lipinski definition) is 1. The number of nitrogen functional groups attached to an aromatic ring is 1. The van der Waals surface area contributed by atoms with Gasteiger partial charge in [-0.05, 0) is 25.4 Å². The van der Waals surface area contributed by atoms with Gasteiger partial charge >= 0.3 is 0 Å². The molecule has 108 valence electrons. The average molecular weight is 291 g/mol. The van der Waals surface area contributed by atoms with Gasteiger partial charge in [0.25, 0.3) is 5.56 Å². The van der Waals surface area contributed by atoms with E-state index in [1.54, 1.807) is 0 Å². The van der Waals surface area contributed by atoms with E-state index >= 15 is 0 Å². The van der Waals surface area contributed by atoms with Crippen molar-refractivity contribution in [1.29, 1.82) is 0 Å². The second-order valence-corrected chi connectivity index (χ2v) is 4.62. The number of aromatic nitrogens is 2. The third-order valence-electron chi connectivity index (χ3n) is 3.27. The van der Waals surface area contributed by atoms with E-state index in [1.165, 1.54) is 0 Å². The Morgan fingerprint density at radius 1 is 1.57 bits per heavy atom. The number of fused-ring (bicyclic) bond motifs is 1. The minimum absolute atomic E-state index is 0.194. The number of nitrogens with zero attached hydrogens (tertiary/aromatic N) is 2. The molecule has 21 heavy (non-hydrogen) atoms. The second kappa shape index (κ2) is 4.80. The maximum Gasteiger partial charge on any atom is 0.264 e. The van der Waals surface area contributed by atoms with Crippen molar-refractivity contribution in [3.8, 4) is 0 Å². The first-order chi connectivity index (χ1) is 12.5. The normalized spacial score (nSPS) is 30.4. The number of nitrogens with two attached hydrogens (primary N) is 1. The van der Waals surface area contributed by atoms with Crippen molar-refractivity contribution in [2.24, 2.45) is 0 Å². The highest BCUT2D eigenvalue weighted by molar-refractivity contribution is 6.03. The molecule has 0 saturated heterocycles. The minimum Gasteiger partial charge on any atom is -0.398 e. The number of Topliss-reactive ketones (excluding diaryl/α,β-unsaturated/α-hetero) is 2. The quantitative estimate of drug-likeness (QED) is 0.628. The van der Waals surface area contributed by atoms with Crippen LogP contribution in [0.4, 0.5) is 5.69 Å². The van der Waals surface area contributed by atoms with Crippen molar-refractivity contribution >= 4 is 28.2 Å². The molecule has 6 nitrogen and oxygen atoms in total. The van der Waals surface area contributed by atoms with Crippen LogP contribution in [0.1, 0.15) is 39.3 Å². The third-order valence-corrected chi connectivity index (χ3v) is 3.27. The fraction of sp³-hybridized carbons (Fsp3) is 0.333. The first-order valence-corrected chi connectivity index (χ1v) is 6.14. The maximum absolute atomic E-state index is 13.1. The molecular formula is C15H15N3O3. The van der Waals surface area contributed by atoms with Crippen LogP contribution in [0.25, 0.3) is 10.9 Å². The van der Waals surface area contributed by atoms with Crippen LogP contribution in [0.15, 0.2) is 22.9 Å². The predicted molar refractivity (Wildman–Crippen MR) is 78.1 cm³/mol. The van der Waals surface area contributed by atoms with Gasteiger partial charge in [-0.25, -0.2) is 4.98 Å². The van der Waals surface area contributed by atoms with Gasteiger partial charge in [0.05, 0.1) is 27.5 Å². The van der Waals surface area contributed by atoms with Crippen molar-refractivity contribution in [1.82, 2.24) is 9.55 Å². The Morgan fingerprint density at radius 3 is 3.14 bits per heavy atom. The second-order valence-electron chi connectivity index (χ2n) is 4.62. The van der Waals surface area contributed by atoms with E-state index in [4.69, 9.17) is 14.0 Å². The number of ketones is 2. The Labute approximate surface area is 129 Å². The van der Waals surface area contributed by atoms with Crippen LogP contribution in [-0.2, 0) is 9.59 Å². The lowest BCUT2D eigenvalue weighted by molar-refractivity contribution is -0.132. The third kappa shape index (κ3) is 2.12. The van der Waals surface area contributed by atoms with E-state index < -0.39 is 61.1 Å². The molecule has 0 spiro atoms. The lowest BCUT2D eigenvalue weighted by Gasteiger charge is -2.24. The van der Waals surface area contributed by atoms with Gasteiger partial charge in [0, 0.05) is 16.2 Å². The van der Waals surface area contributed by atoms with Crippen molar-refractivity contribution in [3.63, 3.8) is 0 Å². The zero-order valence-electron chi connectivity index (χ0n) is 16.8. The van der Waals surface area contributed by atoms with Crippen LogP contribution in [0.5, 0.6) is 0 Å². The van der Waals surface area contributed by atoms with Gasteiger partial charge in [0.1, 0.15) is 11.6 Å². The summed E-state index contributed by atoms with van der Waals surface area (Å²) in [6, 6.07) is -2.07. The van der Waals surface area contributed by atoms with Crippen LogP contribution in [0.3, 0.4) is 0 Å². The molecule has 1 fully saturated rings. The number of aryl methyl sites for hydroxylation is 1. The summed E-state index contributed by atoms with van der Waals surface area (Å²) in [5.74, 6) is -2.20. The van der Waals surface area contributed by atoms with Gasteiger partial charge in [-0.2, -0.15) is 0 Å². The summed E-state index contributed by atoms with van der Waals surface area (Å²) in [4.78, 5) is 41.1. The van der Waals surface area contributed by atoms with E-state index in [-0.39, 0.29) is 22.6 Å². The Hall–Kier alpha value is -2.50. The molecule has 1 aromatic heterocycles. The smallest absolute Gasteiger partial charge is 0.264 e. The van der Waals surface area contributed by atoms with Gasteiger partial charge in [-0.1, -0.05) is 6.04 Å². The summed E-state index contributed by atoms with van der Waals surface area (Å²) in [6.07, 6.45) is -2.75. The zero-order chi connectivity index (χ0) is 20.3. The molecule has 2 N–H and O–H groups in total. The van der Waals surface area contributed by atoms with Crippen LogP contribution >= 0.6 is 0 Å². The SMILES string of the molecule is [2H]c1cc(N)c2c(=O)n(C3([2H])CC([2H])C(=O)CC3=O)c(C([2H])[2H])nc2c1[2H]. The van der Waals surface area contributed by atoms with E-state index in [1.807, 2.05) is 0 Å². The fourth-order valence-corrected chi connectivity index (χ4v) is 2.28. The Bertz CT molecular complexity index is 1050. The molecule has 1 saturated carbocycles. The van der Waals surface area contributed by atoms with Crippen LogP contribution in [0, 0.1) is 6.88 Å². The molecule has 1 heterocycles. The molecule has 3 rings (SSSR count). The van der Waals surface area contributed by atoms with E-state index in [0.717, 1.165) is 6.07 Å². The molecule has 1 aliphatic carbocycles. The fourth-order valence-electron chi connectivity index (χ4n) is 2.28. The molecule has 0 radical (unpaired) electrons. The van der Waals surface area contributed by atoms with E-state index in [2.05, 4.69) is 4.98 Å². The molecule has 0 amide bonds. The van der Waals surface area contributed by atoms with Crippen LogP contribution in [-0.4, -0.2) is 21.1 Å². The number of hydrogen-bond acceptors (Lipinski definition) is 5. The molecule has 0 bridgehead atoms. The van der Waals surface area contributed by atoms with Crippen molar-refractivity contribution in [2.45, 2.75) is 32.1 Å². The predicted octanol–water partition coefficient (Wildman–Crippen LogP) is 1.15. The van der Waals surface area contributed by atoms with Crippen LogP contribution in [0.2, 0.25) is 0 Å². The lowest BCUT2D eigenvalue weighted by atomic mass is 9.92. The summed E-state index contributed by atoms with van der Waals surface area (Å²) >= 11 is 0. The van der Waals surface area contributed by atoms with Crippen molar-refractivity contribution in [3.05, 3.63) is 34.3 Å². The number of carbonyl (C=O) groups excluding carboxylic acids is 2. The van der Waals surface area contributed by atoms with Crippen LogP contribution < -0.4 is 11.3 Å². The Morgan fingerprint density at radius 2 is 2.38 bits per heavy atom. The summed E-state index contributed by atoms with van der Waals surface area (Å²) < 4.78 is 47.8. The van der Waals surface area contributed by atoms with E-state index in [9.17, 15) is 14.4 Å². The number of anilines is 1.